The highest BCUT2D eigenvalue weighted by Crippen LogP contribution is 2.23. The number of imide groups is 1. The van der Waals surface area contributed by atoms with E-state index in [1.807, 2.05) is 0 Å². The van der Waals surface area contributed by atoms with Crippen molar-refractivity contribution in [3.63, 3.8) is 0 Å². The smallest absolute Gasteiger partial charge is 0.322 e. The van der Waals surface area contributed by atoms with Gasteiger partial charge in [-0.05, 0) is 24.3 Å². The number of hydrogen-bond acceptors (Lipinski definition) is 6. The summed E-state index contributed by atoms with van der Waals surface area (Å²) in [4.78, 5) is 49.8. The van der Waals surface area contributed by atoms with Crippen molar-refractivity contribution < 1.29 is 19.2 Å². The lowest BCUT2D eigenvalue weighted by Gasteiger charge is -2.12. The molecule has 0 fully saturated rings. The Bertz CT molecular complexity index is 980. The zero-order valence-electron chi connectivity index (χ0n) is 12.2. The van der Waals surface area contributed by atoms with Crippen molar-refractivity contribution in [1.29, 1.82) is 0 Å². The first-order valence-corrected chi connectivity index (χ1v) is 7.07. The van der Waals surface area contributed by atoms with Crippen molar-refractivity contribution in [2.45, 2.75) is 0 Å². The third-order valence-electron chi connectivity index (χ3n) is 3.59. The summed E-state index contributed by atoms with van der Waals surface area (Å²) < 4.78 is 0. The van der Waals surface area contributed by atoms with E-state index in [1.54, 1.807) is 36.4 Å². The maximum Gasteiger partial charge on any atom is 0.383 e. The summed E-state index contributed by atoms with van der Waals surface area (Å²) in [5.41, 5.74) is 1.43. The van der Waals surface area contributed by atoms with E-state index >= 15 is 0 Å². The molecule has 2 heterocycles. The van der Waals surface area contributed by atoms with Gasteiger partial charge < -0.3 is 4.84 Å². The summed E-state index contributed by atoms with van der Waals surface area (Å²) in [6.07, 6.45) is 1.24. The van der Waals surface area contributed by atoms with Gasteiger partial charge in [0.2, 0.25) is 0 Å². The van der Waals surface area contributed by atoms with Crippen LogP contribution < -0.4 is 0 Å². The van der Waals surface area contributed by atoms with Crippen molar-refractivity contribution in [2.24, 2.45) is 0 Å². The number of fused-ring (bicyclic) bond motifs is 2. The SMILES string of the molecule is O=C(ON1C(=O)c2ccccc2C1=O)c1cnc2ccccc2n1. The predicted molar refractivity (Wildman–Crippen MR) is 81.9 cm³/mol. The molecule has 0 bridgehead atoms. The average Bonchev–Trinajstić information content (AvgIpc) is 2.86. The highest BCUT2D eigenvalue weighted by atomic mass is 16.7. The van der Waals surface area contributed by atoms with E-state index in [4.69, 9.17) is 4.84 Å². The molecule has 7 nitrogen and oxygen atoms in total. The second kappa shape index (κ2) is 5.24. The normalized spacial score (nSPS) is 13.2. The fraction of sp³-hybridized carbons (Fsp3) is 0. The van der Waals surface area contributed by atoms with Crippen LogP contribution in [0.15, 0.2) is 54.7 Å². The minimum absolute atomic E-state index is 0.0924. The fourth-order valence-corrected chi connectivity index (χ4v) is 2.44. The van der Waals surface area contributed by atoms with Crippen LogP contribution in [0, 0.1) is 0 Å². The van der Waals surface area contributed by atoms with Gasteiger partial charge in [0.15, 0.2) is 5.69 Å². The molecule has 0 unspecified atom stereocenters. The molecule has 1 aromatic heterocycles. The molecule has 7 heteroatoms. The van der Waals surface area contributed by atoms with Gasteiger partial charge in [-0.3, -0.25) is 14.6 Å². The first-order valence-electron chi connectivity index (χ1n) is 7.07. The summed E-state index contributed by atoms with van der Waals surface area (Å²) >= 11 is 0. The quantitative estimate of drug-likeness (QED) is 0.671. The molecule has 0 atom stereocenters. The van der Waals surface area contributed by atoms with E-state index in [2.05, 4.69) is 9.97 Å². The maximum atomic E-state index is 12.2. The lowest BCUT2D eigenvalue weighted by Crippen LogP contribution is -2.33. The predicted octanol–water partition coefficient (Wildman–Crippen LogP) is 2.00. The molecule has 0 saturated heterocycles. The monoisotopic (exact) mass is 319 g/mol. The van der Waals surface area contributed by atoms with Crippen LogP contribution in [0.1, 0.15) is 31.2 Å². The van der Waals surface area contributed by atoms with Crippen LogP contribution in [-0.4, -0.2) is 32.8 Å². The highest BCUT2D eigenvalue weighted by molar-refractivity contribution is 6.21. The van der Waals surface area contributed by atoms with E-state index < -0.39 is 17.8 Å². The van der Waals surface area contributed by atoms with E-state index in [1.165, 1.54) is 18.3 Å². The molecule has 0 saturated carbocycles. The number of carbonyl (C=O) groups excluding carboxylic acids is 3. The van der Waals surface area contributed by atoms with Gasteiger partial charge in [0.25, 0.3) is 11.8 Å². The second-order valence-electron chi connectivity index (χ2n) is 5.07. The van der Waals surface area contributed by atoms with E-state index in [-0.39, 0.29) is 16.8 Å². The maximum absolute atomic E-state index is 12.2. The molecule has 0 aliphatic carbocycles. The summed E-state index contributed by atoms with van der Waals surface area (Å²) in [6, 6.07) is 13.3. The third-order valence-corrected chi connectivity index (χ3v) is 3.59. The van der Waals surface area contributed by atoms with Gasteiger partial charge in [-0.15, -0.1) is 0 Å². The van der Waals surface area contributed by atoms with Crippen molar-refractivity contribution in [1.82, 2.24) is 15.0 Å². The number of benzene rings is 2. The van der Waals surface area contributed by atoms with Crippen LogP contribution in [0.5, 0.6) is 0 Å². The Kier molecular flexibility index (Phi) is 3.06. The number of amides is 2. The molecular weight excluding hydrogens is 310 g/mol. The standard InChI is InChI=1S/C17H9N3O4/c21-15-10-5-1-2-6-11(10)16(22)20(15)24-17(23)14-9-18-12-7-3-4-8-13(12)19-14/h1-9H. The summed E-state index contributed by atoms with van der Waals surface area (Å²) in [7, 11) is 0. The summed E-state index contributed by atoms with van der Waals surface area (Å²) in [6.45, 7) is 0. The molecule has 0 radical (unpaired) electrons. The van der Waals surface area contributed by atoms with Crippen LogP contribution in [0.4, 0.5) is 0 Å². The lowest BCUT2D eigenvalue weighted by molar-refractivity contribution is -0.0588. The van der Waals surface area contributed by atoms with Crippen molar-refractivity contribution in [3.8, 4) is 0 Å². The van der Waals surface area contributed by atoms with Crippen LogP contribution in [0.25, 0.3) is 11.0 Å². The number of hydrogen-bond donors (Lipinski definition) is 0. The van der Waals surface area contributed by atoms with Crippen molar-refractivity contribution >= 4 is 28.8 Å². The van der Waals surface area contributed by atoms with Crippen molar-refractivity contribution in [3.05, 3.63) is 71.5 Å². The molecule has 2 aromatic carbocycles. The van der Waals surface area contributed by atoms with Gasteiger partial charge in [-0.25, -0.2) is 9.78 Å². The molecule has 2 amide bonds. The van der Waals surface area contributed by atoms with Gasteiger partial charge in [-0.2, -0.15) is 0 Å². The third kappa shape index (κ3) is 2.11. The largest absolute Gasteiger partial charge is 0.383 e. The van der Waals surface area contributed by atoms with Crippen LogP contribution in [-0.2, 0) is 4.84 Å². The molecular formula is C17H9N3O4. The molecule has 3 aromatic rings. The van der Waals surface area contributed by atoms with E-state index in [0.717, 1.165) is 0 Å². The number of hydroxylamine groups is 2. The van der Waals surface area contributed by atoms with Gasteiger partial charge in [0.05, 0.1) is 28.4 Å². The van der Waals surface area contributed by atoms with Crippen LogP contribution >= 0.6 is 0 Å². The molecule has 116 valence electrons. The topological polar surface area (TPSA) is 89.5 Å². The Labute approximate surface area is 135 Å². The van der Waals surface area contributed by atoms with Crippen molar-refractivity contribution in [2.75, 3.05) is 0 Å². The van der Waals surface area contributed by atoms with Gasteiger partial charge in [0.1, 0.15) is 0 Å². The van der Waals surface area contributed by atoms with Crippen LogP contribution in [0.3, 0.4) is 0 Å². The number of carbonyl (C=O) groups is 3. The minimum Gasteiger partial charge on any atom is -0.322 e. The molecule has 0 spiro atoms. The Hall–Kier alpha value is -3.61. The molecule has 0 N–H and O–H groups in total. The Balaban J connectivity index is 1.62. The first kappa shape index (κ1) is 14.0. The van der Waals surface area contributed by atoms with E-state index in [9.17, 15) is 14.4 Å². The number of nitrogens with zero attached hydrogens (tertiary/aromatic N) is 3. The Morgan fingerprint density at radius 3 is 2.12 bits per heavy atom. The van der Waals surface area contributed by atoms with Gasteiger partial charge in [0, 0.05) is 0 Å². The minimum atomic E-state index is -0.928. The van der Waals surface area contributed by atoms with E-state index in [0.29, 0.717) is 16.1 Å². The second-order valence-corrected chi connectivity index (χ2v) is 5.07. The Morgan fingerprint density at radius 1 is 0.875 bits per heavy atom. The molecule has 1 aliphatic rings. The lowest BCUT2D eigenvalue weighted by atomic mass is 10.1. The zero-order valence-corrected chi connectivity index (χ0v) is 12.2. The summed E-state index contributed by atoms with van der Waals surface area (Å²) in [5.74, 6) is -2.29. The Morgan fingerprint density at radius 2 is 1.46 bits per heavy atom. The molecule has 4 rings (SSSR count). The number of aromatic nitrogens is 2. The zero-order chi connectivity index (χ0) is 16.7. The van der Waals surface area contributed by atoms with Gasteiger partial charge in [-0.1, -0.05) is 29.3 Å². The first-order chi connectivity index (χ1) is 11.6. The average molecular weight is 319 g/mol. The molecule has 24 heavy (non-hydrogen) atoms. The van der Waals surface area contributed by atoms with Crippen LogP contribution in [0.2, 0.25) is 0 Å². The summed E-state index contributed by atoms with van der Waals surface area (Å²) in [5, 5.41) is 0.448. The molecule has 1 aliphatic heterocycles. The van der Waals surface area contributed by atoms with Gasteiger partial charge >= 0.3 is 5.97 Å². The number of rotatable bonds is 2. The fourth-order valence-electron chi connectivity index (χ4n) is 2.44. The number of para-hydroxylation sites is 2. The highest BCUT2D eigenvalue weighted by Gasteiger charge is 2.39.